The van der Waals surface area contributed by atoms with Gasteiger partial charge in [0.25, 0.3) is 0 Å². The maximum absolute atomic E-state index is 4.04. The van der Waals surface area contributed by atoms with E-state index in [-0.39, 0.29) is 0 Å². The summed E-state index contributed by atoms with van der Waals surface area (Å²) >= 11 is 0. The molecule has 96 valence electrons. The maximum Gasteiger partial charge on any atom is 0.211 e. The minimum absolute atomic E-state index is 0.577. The third-order valence-corrected chi connectivity index (χ3v) is 1.68. The number of hydrogen-bond donors (Lipinski definition) is 4. The summed E-state index contributed by atoms with van der Waals surface area (Å²) in [6.07, 6.45) is 1.57. The fourth-order valence-electron chi connectivity index (χ4n) is 0.792. The van der Waals surface area contributed by atoms with Crippen LogP contribution in [0.25, 0.3) is 0 Å². The van der Waals surface area contributed by atoms with Crippen molar-refractivity contribution in [2.75, 3.05) is 28.2 Å². The van der Waals surface area contributed by atoms with E-state index in [1.54, 1.807) is 34.4 Å². The van der Waals surface area contributed by atoms with Crippen molar-refractivity contribution in [1.29, 1.82) is 0 Å². The molecule has 0 amide bonds. The molecule has 0 saturated heterocycles. The van der Waals surface area contributed by atoms with Gasteiger partial charge in [0, 0.05) is 28.2 Å². The smallest absolute Gasteiger partial charge is 0.211 e. The van der Waals surface area contributed by atoms with Gasteiger partial charge in [-0.05, 0) is 6.92 Å². The van der Waals surface area contributed by atoms with Gasteiger partial charge in [-0.3, -0.25) is 9.98 Å². The molecule has 4 N–H and O–H groups in total. The molecule has 0 fully saturated rings. The highest BCUT2D eigenvalue weighted by molar-refractivity contribution is 6.29. The summed E-state index contributed by atoms with van der Waals surface area (Å²) in [5.74, 6) is 1.16. The lowest BCUT2D eigenvalue weighted by molar-refractivity contribution is 0.934. The Bertz CT molecular complexity index is 328. The number of aliphatic imine (C=N–C) groups is 2. The van der Waals surface area contributed by atoms with E-state index in [1.807, 2.05) is 6.92 Å². The van der Waals surface area contributed by atoms with E-state index >= 15 is 0 Å². The number of hydrazone groups is 2. The standard InChI is InChI=1S/C9H20N8/c1-7(15-17-9(12-4)13-5)6-14-16-8(10-2)11-3/h6H,1-5H3,(H2,10,11,16)(H2,12,13,17). The van der Waals surface area contributed by atoms with Gasteiger partial charge in [-0.25, -0.2) is 10.9 Å². The zero-order chi connectivity index (χ0) is 13.1. The van der Waals surface area contributed by atoms with Crippen LogP contribution in [0.15, 0.2) is 20.2 Å². The van der Waals surface area contributed by atoms with Crippen LogP contribution in [0.1, 0.15) is 6.92 Å². The van der Waals surface area contributed by atoms with Crippen molar-refractivity contribution in [1.82, 2.24) is 21.5 Å². The predicted molar refractivity (Wildman–Crippen MR) is 72.7 cm³/mol. The predicted octanol–water partition coefficient (Wildman–Crippen LogP) is -1.06. The highest BCUT2D eigenvalue weighted by Crippen LogP contribution is 1.72. The Morgan fingerprint density at radius 2 is 1.47 bits per heavy atom. The van der Waals surface area contributed by atoms with Crippen LogP contribution < -0.4 is 21.5 Å². The number of hydrogen-bond acceptors (Lipinski definition) is 4. The van der Waals surface area contributed by atoms with E-state index in [4.69, 9.17) is 0 Å². The molecule has 0 aromatic carbocycles. The van der Waals surface area contributed by atoms with Gasteiger partial charge in [0.2, 0.25) is 11.9 Å². The molecular weight excluding hydrogens is 220 g/mol. The Morgan fingerprint density at radius 3 is 1.94 bits per heavy atom. The summed E-state index contributed by atoms with van der Waals surface area (Å²) in [5.41, 5.74) is 6.16. The fraction of sp³-hybridized carbons (Fsp3) is 0.556. The first-order valence-electron chi connectivity index (χ1n) is 5.06. The van der Waals surface area contributed by atoms with Crippen molar-refractivity contribution >= 4 is 23.8 Å². The van der Waals surface area contributed by atoms with E-state index in [2.05, 4.69) is 41.7 Å². The topological polar surface area (TPSA) is 97.6 Å². The quantitative estimate of drug-likeness (QED) is 0.287. The Hall–Kier alpha value is -2.12. The first-order valence-corrected chi connectivity index (χ1v) is 5.06. The first-order chi connectivity index (χ1) is 8.17. The van der Waals surface area contributed by atoms with Gasteiger partial charge < -0.3 is 10.6 Å². The van der Waals surface area contributed by atoms with Crippen molar-refractivity contribution in [2.45, 2.75) is 6.92 Å². The summed E-state index contributed by atoms with van der Waals surface area (Å²) in [7, 11) is 6.83. The van der Waals surface area contributed by atoms with E-state index in [0.29, 0.717) is 17.6 Å². The summed E-state index contributed by atoms with van der Waals surface area (Å²) < 4.78 is 0. The molecule has 0 aromatic rings. The van der Waals surface area contributed by atoms with Gasteiger partial charge in [0.15, 0.2) is 0 Å². The molecule has 8 heteroatoms. The van der Waals surface area contributed by atoms with Gasteiger partial charge in [0.1, 0.15) is 0 Å². The lowest BCUT2D eigenvalue weighted by atomic mass is 10.5. The van der Waals surface area contributed by atoms with Gasteiger partial charge >= 0.3 is 0 Å². The van der Waals surface area contributed by atoms with E-state index in [1.165, 1.54) is 0 Å². The average molecular weight is 240 g/mol. The van der Waals surface area contributed by atoms with Crippen molar-refractivity contribution < 1.29 is 0 Å². The molecule has 0 radical (unpaired) electrons. The number of guanidine groups is 2. The molecule has 0 unspecified atom stereocenters. The average Bonchev–Trinajstić information content (AvgIpc) is 2.36. The van der Waals surface area contributed by atoms with Gasteiger partial charge in [0.05, 0.1) is 11.9 Å². The normalized spacial score (nSPS) is 13.8. The summed E-state index contributed by atoms with van der Waals surface area (Å²) in [4.78, 5) is 7.81. The zero-order valence-corrected chi connectivity index (χ0v) is 10.9. The van der Waals surface area contributed by atoms with Crippen LogP contribution in [0, 0.1) is 0 Å². The molecule has 0 heterocycles. The van der Waals surface area contributed by atoms with E-state index < -0.39 is 0 Å². The van der Waals surface area contributed by atoms with Crippen molar-refractivity contribution in [2.24, 2.45) is 20.2 Å². The minimum Gasteiger partial charge on any atom is -0.358 e. The summed E-state index contributed by atoms with van der Waals surface area (Å²) in [6.45, 7) is 1.81. The molecule has 0 bridgehead atoms. The van der Waals surface area contributed by atoms with Crippen molar-refractivity contribution in [3.63, 3.8) is 0 Å². The Morgan fingerprint density at radius 1 is 0.941 bits per heavy atom. The second kappa shape index (κ2) is 9.13. The van der Waals surface area contributed by atoms with Crippen LogP contribution in [0.3, 0.4) is 0 Å². The first kappa shape index (κ1) is 14.9. The Kier molecular flexibility index (Phi) is 7.99. The molecule has 0 saturated carbocycles. The molecule has 0 aliphatic carbocycles. The SMILES string of the molecule is CN=C(NC)NN=CC(C)=NNC(=NC)NC. The number of nitrogens with one attached hydrogen (secondary N) is 4. The molecule has 0 aliphatic heterocycles. The minimum atomic E-state index is 0.577. The maximum atomic E-state index is 4.04. The Labute approximate surface area is 101 Å². The van der Waals surface area contributed by atoms with Crippen LogP contribution in [-0.4, -0.2) is 52.0 Å². The van der Waals surface area contributed by atoms with Crippen LogP contribution >= 0.6 is 0 Å². The molecule has 0 aromatic heterocycles. The zero-order valence-electron chi connectivity index (χ0n) is 10.9. The van der Waals surface area contributed by atoms with Gasteiger partial charge in [-0.15, -0.1) is 0 Å². The van der Waals surface area contributed by atoms with E-state index in [0.717, 1.165) is 0 Å². The third kappa shape index (κ3) is 6.88. The van der Waals surface area contributed by atoms with Crippen LogP contribution in [0.5, 0.6) is 0 Å². The van der Waals surface area contributed by atoms with Crippen molar-refractivity contribution in [3.05, 3.63) is 0 Å². The second-order valence-corrected chi connectivity index (χ2v) is 2.88. The summed E-state index contributed by atoms with van der Waals surface area (Å²) in [6, 6.07) is 0. The molecule has 0 spiro atoms. The molecule has 0 atom stereocenters. The van der Waals surface area contributed by atoms with Crippen LogP contribution in [0.4, 0.5) is 0 Å². The monoisotopic (exact) mass is 240 g/mol. The fourth-order valence-corrected chi connectivity index (χ4v) is 0.792. The lowest BCUT2D eigenvalue weighted by Crippen LogP contribution is -2.32. The highest BCUT2D eigenvalue weighted by Gasteiger charge is 1.91. The third-order valence-electron chi connectivity index (χ3n) is 1.68. The molecule has 8 nitrogen and oxygen atoms in total. The second-order valence-electron chi connectivity index (χ2n) is 2.88. The Balaban J connectivity index is 4.20. The number of nitrogens with zero attached hydrogens (tertiary/aromatic N) is 4. The number of rotatable bonds is 3. The van der Waals surface area contributed by atoms with Crippen molar-refractivity contribution in [3.8, 4) is 0 Å². The van der Waals surface area contributed by atoms with Crippen LogP contribution in [-0.2, 0) is 0 Å². The largest absolute Gasteiger partial charge is 0.358 e. The summed E-state index contributed by atoms with van der Waals surface area (Å²) in [5, 5.41) is 13.7. The van der Waals surface area contributed by atoms with Gasteiger partial charge in [-0.1, -0.05) is 0 Å². The van der Waals surface area contributed by atoms with Gasteiger partial charge in [-0.2, -0.15) is 10.2 Å². The van der Waals surface area contributed by atoms with Crippen LogP contribution in [0.2, 0.25) is 0 Å². The van der Waals surface area contributed by atoms with E-state index in [9.17, 15) is 0 Å². The molecular formula is C9H20N8. The lowest BCUT2D eigenvalue weighted by Gasteiger charge is -2.03. The molecule has 0 rings (SSSR count). The molecule has 0 aliphatic rings. The highest BCUT2D eigenvalue weighted by atomic mass is 15.4. The molecule has 17 heavy (non-hydrogen) atoms.